The van der Waals surface area contributed by atoms with E-state index in [1.807, 2.05) is 55.1 Å². The van der Waals surface area contributed by atoms with Crippen molar-refractivity contribution < 1.29 is 14.3 Å². The highest BCUT2D eigenvalue weighted by Gasteiger charge is 2.26. The van der Waals surface area contributed by atoms with E-state index in [2.05, 4.69) is 21.2 Å². The average Bonchev–Trinajstić information content (AvgIpc) is 2.65. The van der Waals surface area contributed by atoms with E-state index in [1.54, 1.807) is 12.1 Å². The van der Waals surface area contributed by atoms with Crippen molar-refractivity contribution >= 4 is 27.7 Å². The number of hydrogen-bond donors (Lipinski definition) is 1. The van der Waals surface area contributed by atoms with Crippen LogP contribution in [-0.4, -0.2) is 42.0 Å². The number of morpholine rings is 1. The molecule has 0 aliphatic carbocycles. The fraction of sp³-hybridized carbons (Fsp3) is 0.333. The molecule has 142 valence electrons. The van der Waals surface area contributed by atoms with Gasteiger partial charge in [-0.2, -0.15) is 0 Å². The third-order valence-electron chi connectivity index (χ3n) is 4.45. The van der Waals surface area contributed by atoms with Crippen molar-refractivity contribution in [2.24, 2.45) is 0 Å². The molecule has 2 aromatic carbocycles. The molecule has 27 heavy (non-hydrogen) atoms. The van der Waals surface area contributed by atoms with Crippen molar-refractivity contribution in [2.45, 2.75) is 32.6 Å². The highest BCUT2D eigenvalue weighted by atomic mass is 79.9. The van der Waals surface area contributed by atoms with Crippen LogP contribution >= 0.6 is 15.9 Å². The van der Waals surface area contributed by atoms with Crippen molar-refractivity contribution in [2.75, 3.05) is 13.1 Å². The van der Waals surface area contributed by atoms with Gasteiger partial charge < -0.3 is 15.0 Å². The molecular weight excluding hydrogens is 408 g/mol. The van der Waals surface area contributed by atoms with Crippen LogP contribution in [-0.2, 0) is 11.3 Å². The van der Waals surface area contributed by atoms with Gasteiger partial charge in [0.05, 0.1) is 12.2 Å². The first-order valence-electron chi connectivity index (χ1n) is 9.00. The molecule has 3 rings (SSSR count). The summed E-state index contributed by atoms with van der Waals surface area (Å²) in [5.41, 5.74) is 2.20. The van der Waals surface area contributed by atoms with Gasteiger partial charge in [0.25, 0.3) is 11.8 Å². The summed E-state index contributed by atoms with van der Waals surface area (Å²) in [5, 5.41) is 2.89. The Morgan fingerprint density at radius 1 is 1.07 bits per heavy atom. The van der Waals surface area contributed by atoms with Crippen LogP contribution in [0.1, 0.15) is 40.1 Å². The Hall–Kier alpha value is -2.18. The van der Waals surface area contributed by atoms with Crippen molar-refractivity contribution in [3.63, 3.8) is 0 Å². The average molecular weight is 431 g/mol. The lowest BCUT2D eigenvalue weighted by Gasteiger charge is -2.35. The number of nitrogens with one attached hydrogen (secondary N) is 1. The number of amides is 2. The number of rotatable bonds is 4. The number of ether oxygens (including phenoxy) is 1. The Bertz CT molecular complexity index is 812. The first-order chi connectivity index (χ1) is 12.9. The minimum atomic E-state index is -0.132. The molecule has 1 heterocycles. The minimum absolute atomic E-state index is 0.0155. The quantitative estimate of drug-likeness (QED) is 0.805. The number of nitrogens with zero attached hydrogens (tertiary/aromatic N) is 1. The van der Waals surface area contributed by atoms with Gasteiger partial charge in [-0.1, -0.05) is 34.1 Å². The van der Waals surface area contributed by atoms with Crippen LogP contribution in [0.5, 0.6) is 0 Å². The molecule has 1 N–H and O–H groups in total. The fourth-order valence-electron chi connectivity index (χ4n) is 3.21. The van der Waals surface area contributed by atoms with Crippen LogP contribution in [0.3, 0.4) is 0 Å². The summed E-state index contributed by atoms with van der Waals surface area (Å²) in [6, 6.07) is 14.6. The zero-order valence-electron chi connectivity index (χ0n) is 15.4. The van der Waals surface area contributed by atoms with Gasteiger partial charge in [0, 0.05) is 35.2 Å². The molecule has 0 aromatic heterocycles. The number of hydrogen-bond acceptors (Lipinski definition) is 3. The first-order valence-corrected chi connectivity index (χ1v) is 9.79. The second-order valence-corrected chi connectivity index (χ2v) is 7.77. The molecule has 0 bridgehead atoms. The van der Waals surface area contributed by atoms with Gasteiger partial charge in [-0.3, -0.25) is 9.59 Å². The molecule has 0 saturated carbocycles. The van der Waals surface area contributed by atoms with E-state index in [1.165, 1.54) is 0 Å². The predicted octanol–water partition coefficient (Wildman–Crippen LogP) is 3.63. The largest absolute Gasteiger partial charge is 0.372 e. The Morgan fingerprint density at radius 2 is 1.74 bits per heavy atom. The minimum Gasteiger partial charge on any atom is -0.372 e. The Balaban J connectivity index is 1.58. The van der Waals surface area contributed by atoms with Crippen LogP contribution in [0.2, 0.25) is 0 Å². The molecule has 2 aromatic rings. The zero-order chi connectivity index (χ0) is 19.4. The van der Waals surface area contributed by atoms with E-state index >= 15 is 0 Å². The number of halogens is 1. The Labute approximate surface area is 167 Å². The van der Waals surface area contributed by atoms with E-state index in [4.69, 9.17) is 4.74 Å². The second kappa shape index (κ2) is 8.67. The Kier molecular flexibility index (Phi) is 6.29. The van der Waals surface area contributed by atoms with Crippen LogP contribution < -0.4 is 5.32 Å². The summed E-state index contributed by atoms with van der Waals surface area (Å²) in [4.78, 5) is 26.7. The molecule has 0 spiro atoms. The SMILES string of the molecule is CC1CN(C(=O)c2ccc(CNC(=O)c3cccc(Br)c3)cc2)CC(C)O1. The van der Waals surface area contributed by atoms with E-state index in [9.17, 15) is 9.59 Å². The van der Waals surface area contributed by atoms with Gasteiger partial charge in [-0.15, -0.1) is 0 Å². The summed E-state index contributed by atoms with van der Waals surface area (Å²) in [6.45, 7) is 5.58. The molecule has 2 amide bonds. The summed E-state index contributed by atoms with van der Waals surface area (Å²) in [6.07, 6.45) is 0.0930. The number of carbonyl (C=O) groups excluding carboxylic acids is 2. The summed E-state index contributed by atoms with van der Waals surface area (Å²) in [7, 11) is 0. The number of benzene rings is 2. The van der Waals surface area contributed by atoms with E-state index in [-0.39, 0.29) is 24.0 Å². The lowest BCUT2D eigenvalue weighted by molar-refractivity contribution is -0.0586. The van der Waals surface area contributed by atoms with Crippen LogP contribution in [0.4, 0.5) is 0 Å². The molecule has 2 atom stereocenters. The maximum absolute atomic E-state index is 12.7. The highest BCUT2D eigenvalue weighted by Crippen LogP contribution is 2.15. The highest BCUT2D eigenvalue weighted by molar-refractivity contribution is 9.10. The van der Waals surface area contributed by atoms with Crippen molar-refractivity contribution in [3.05, 3.63) is 69.7 Å². The molecule has 1 fully saturated rings. The molecule has 0 radical (unpaired) electrons. The normalized spacial score (nSPS) is 19.6. The standard InChI is InChI=1S/C21H23BrN2O3/c1-14-12-24(13-15(2)27-14)21(26)17-8-6-16(7-9-17)11-23-20(25)18-4-3-5-19(22)10-18/h3-10,14-15H,11-13H2,1-2H3,(H,23,25). The van der Waals surface area contributed by atoms with Crippen molar-refractivity contribution in [3.8, 4) is 0 Å². The lowest BCUT2D eigenvalue weighted by Crippen LogP contribution is -2.48. The summed E-state index contributed by atoms with van der Waals surface area (Å²) < 4.78 is 6.55. The lowest BCUT2D eigenvalue weighted by atomic mass is 10.1. The molecule has 6 heteroatoms. The van der Waals surface area contributed by atoms with E-state index < -0.39 is 0 Å². The molecular formula is C21H23BrN2O3. The zero-order valence-corrected chi connectivity index (χ0v) is 17.0. The first kappa shape index (κ1) is 19.6. The number of carbonyl (C=O) groups is 2. The van der Waals surface area contributed by atoms with Gasteiger partial charge in [0.15, 0.2) is 0 Å². The third kappa shape index (κ3) is 5.17. The van der Waals surface area contributed by atoms with E-state index in [0.29, 0.717) is 30.8 Å². The van der Waals surface area contributed by atoms with Gasteiger partial charge in [0.1, 0.15) is 0 Å². The van der Waals surface area contributed by atoms with Crippen molar-refractivity contribution in [1.29, 1.82) is 0 Å². The van der Waals surface area contributed by atoms with Gasteiger partial charge >= 0.3 is 0 Å². The summed E-state index contributed by atoms with van der Waals surface area (Å²) in [5.74, 6) is -0.116. The fourth-order valence-corrected chi connectivity index (χ4v) is 3.60. The van der Waals surface area contributed by atoms with Crippen LogP contribution in [0.25, 0.3) is 0 Å². The van der Waals surface area contributed by atoms with Gasteiger partial charge in [0.2, 0.25) is 0 Å². The third-order valence-corrected chi connectivity index (χ3v) is 4.94. The maximum atomic E-state index is 12.7. The van der Waals surface area contributed by atoms with Gasteiger partial charge in [-0.25, -0.2) is 0 Å². The van der Waals surface area contributed by atoms with Gasteiger partial charge in [-0.05, 0) is 49.7 Å². The monoisotopic (exact) mass is 430 g/mol. The maximum Gasteiger partial charge on any atom is 0.254 e. The van der Waals surface area contributed by atoms with E-state index in [0.717, 1.165) is 10.0 Å². The second-order valence-electron chi connectivity index (χ2n) is 6.86. The Morgan fingerprint density at radius 3 is 2.37 bits per heavy atom. The smallest absolute Gasteiger partial charge is 0.254 e. The van der Waals surface area contributed by atoms with Crippen LogP contribution in [0.15, 0.2) is 53.0 Å². The molecule has 1 aliphatic heterocycles. The molecule has 1 saturated heterocycles. The molecule has 1 aliphatic rings. The predicted molar refractivity (Wildman–Crippen MR) is 108 cm³/mol. The molecule has 2 unspecified atom stereocenters. The van der Waals surface area contributed by atoms with Crippen molar-refractivity contribution in [1.82, 2.24) is 10.2 Å². The topological polar surface area (TPSA) is 58.6 Å². The van der Waals surface area contributed by atoms with Crippen LogP contribution in [0, 0.1) is 0 Å². The molecule has 5 nitrogen and oxygen atoms in total. The summed E-state index contributed by atoms with van der Waals surface area (Å²) >= 11 is 3.36.